The first-order valence-electron chi connectivity index (χ1n) is 5.34. The fraction of sp³-hybridized carbons (Fsp3) is 0.364. The zero-order valence-electron chi connectivity index (χ0n) is 8.97. The van der Waals surface area contributed by atoms with Crippen LogP contribution in [0, 0.1) is 0 Å². The largest absolute Gasteiger partial charge is 0.348 e. The third kappa shape index (κ3) is 1.44. The first-order valence-corrected chi connectivity index (χ1v) is 5.34. The van der Waals surface area contributed by atoms with E-state index in [4.69, 9.17) is 0 Å². The molecule has 0 amide bonds. The quantitative estimate of drug-likeness (QED) is 0.785. The van der Waals surface area contributed by atoms with Crippen molar-refractivity contribution in [3.8, 4) is 0 Å². The zero-order valence-corrected chi connectivity index (χ0v) is 8.97. The Labute approximate surface area is 92.5 Å². The van der Waals surface area contributed by atoms with Crippen LogP contribution < -0.4 is 0 Å². The molecule has 2 heterocycles. The van der Waals surface area contributed by atoms with Gasteiger partial charge < -0.3 is 4.57 Å². The lowest BCUT2D eigenvalue weighted by atomic mass is 10.3. The van der Waals surface area contributed by atoms with Crippen LogP contribution in [0.15, 0.2) is 18.3 Å². The summed E-state index contributed by atoms with van der Waals surface area (Å²) in [5.74, 6) is 1.47. The van der Waals surface area contributed by atoms with Crippen molar-refractivity contribution in [1.29, 1.82) is 0 Å². The minimum absolute atomic E-state index is 0.129. The van der Waals surface area contributed by atoms with E-state index in [1.807, 2.05) is 19.3 Å². The summed E-state index contributed by atoms with van der Waals surface area (Å²) in [4.78, 5) is 16.3. The first kappa shape index (κ1) is 9.33. The van der Waals surface area contributed by atoms with Gasteiger partial charge in [0.15, 0.2) is 0 Å². The van der Waals surface area contributed by atoms with Crippen LogP contribution >= 0.6 is 0 Å². The van der Waals surface area contributed by atoms with E-state index in [-0.39, 0.29) is 11.6 Å². The molecule has 0 bridgehead atoms. The Hall–Kier alpha value is -1.91. The molecule has 5 heteroatoms. The van der Waals surface area contributed by atoms with E-state index in [0.29, 0.717) is 11.6 Å². The molecule has 1 fully saturated rings. The second-order valence-corrected chi connectivity index (χ2v) is 4.15. The normalized spacial score (nSPS) is 15.3. The maximum Gasteiger partial charge on any atom is 0.248 e. The Kier molecular flexibility index (Phi) is 1.92. The van der Waals surface area contributed by atoms with Gasteiger partial charge in [-0.3, -0.25) is 9.89 Å². The van der Waals surface area contributed by atoms with Crippen LogP contribution in [0.2, 0.25) is 0 Å². The Bertz CT molecular complexity index is 536. The molecule has 3 rings (SSSR count). The molecule has 1 aliphatic carbocycles. The Morgan fingerprint density at radius 2 is 2.38 bits per heavy atom. The predicted octanol–water partition coefficient (Wildman–Crippen LogP) is 1.25. The van der Waals surface area contributed by atoms with E-state index < -0.39 is 0 Å². The molecule has 2 aromatic heterocycles. The molecule has 1 N–H and O–H groups in total. The van der Waals surface area contributed by atoms with Gasteiger partial charge in [0.05, 0.1) is 5.69 Å². The van der Waals surface area contributed by atoms with Crippen LogP contribution in [0.1, 0.15) is 40.9 Å². The smallest absolute Gasteiger partial charge is 0.248 e. The molecule has 16 heavy (non-hydrogen) atoms. The average Bonchev–Trinajstić information content (AvgIpc) is 2.86. The van der Waals surface area contributed by atoms with E-state index in [1.165, 1.54) is 0 Å². The molecule has 0 radical (unpaired) electrons. The van der Waals surface area contributed by atoms with E-state index in [9.17, 15) is 4.79 Å². The number of hydrogen-bond donors (Lipinski definition) is 1. The lowest BCUT2D eigenvalue weighted by Crippen LogP contribution is -2.08. The number of rotatable bonds is 3. The third-order valence-electron chi connectivity index (χ3n) is 2.85. The SMILES string of the molecule is Cn1cccc1C(=O)c1n[nH]c(C2CC2)n1. The average molecular weight is 216 g/mol. The van der Waals surface area contributed by atoms with Crippen LogP contribution in [0.5, 0.6) is 0 Å². The summed E-state index contributed by atoms with van der Waals surface area (Å²) in [6, 6.07) is 3.61. The summed E-state index contributed by atoms with van der Waals surface area (Å²) >= 11 is 0. The molecule has 0 spiro atoms. The van der Waals surface area contributed by atoms with Crippen molar-refractivity contribution >= 4 is 5.78 Å². The van der Waals surface area contributed by atoms with Crippen molar-refractivity contribution in [2.45, 2.75) is 18.8 Å². The predicted molar refractivity (Wildman–Crippen MR) is 57.2 cm³/mol. The molecule has 0 aliphatic heterocycles. The molecule has 0 saturated heterocycles. The van der Waals surface area contributed by atoms with E-state index >= 15 is 0 Å². The topological polar surface area (TPSA) is 63.6 Å². The van der Waals surface area contributed by atoms with Crippen molar-refractivity contribution in [2.24, 2.45) is 7.05 Å². The van der Waals surface area contributed by atoms with Gasteiger partial charge in [-0.1, -0.05) is 0 Å². The number of nitrogens with zero attached hydrogens (tertiary/aromatic N) is 3. The lowest BCUT2D eigenvalue weighted by Gasteiger charge is -1.97. The fourth-order valence-electron chi connectivity index (χ4n) is 1.73. The molecule has 1 saturated carbocycles. The number of ketones is 1. The van der Waals surface area contributed by atoms with Gasteiger partial charge in [-0.25, -0.2) is 4.98 Å². The molecule has 2 aromatic rings. The number of nitrogens with one attached hydrogen (secondary N) is 1. The van der Waals surface area contributed by atoms with Gasteiger partial charge in [-0.15, -0.1) is 5.10 Å². The van der Waals surface area contributed by atoms with Crippen molar-refractivity contribution in [3.05, 3.63) is 35.7 Å². The Balaban J connectivity index is 1.91. The van der Waals surface area contributed by atoms with Gasteiger partial charge in [0.2, 0.25) is 11.6 Å². The summed E-state index contributed by atoms with van der Waals surface area (Å²) in [5.41, 5.74) is 0.612. The highest BCUT2D eigenvalue weighted by atomic mass is 16.1. The maximum absolute atomic E-state index is 12.0. The summed E-state index contributed by atoms with van der Waals surface area (Å²) < 4.78 is 1.77. The van der Waals surface area contributed by atoms with Crippen LogP contribution in [0.3, 0.4) is 0 Å². The van der Waals surface area contributed by atoms with Crippen molar-refractivity contribution in [3.63, 3.8) is 0 Å². The molecule has 0 unspecified atom stereocenters. The lowest BCUT2D eigenvalue weighted by molar-refractivity contribution is 0.102. The number of aromatic nitrogens is 4. The summed E-state index contributed by atoms with van der Waals surface area (Å²) in [7, 11) is 1.84. The number of hydrogen-bond acceptors (Lipinski definition) is 3. The van der Waals surface area contributed by atoms with Crippen LogP contribution in [0.4, 0.5) is 0 Å². The Morgan fingerprint density at radius 1 is 1.56 bits per heavy atom. The number of carbonyl (C=O) groups excluding carboxylic acids is 1. The van der Waals surface area contributed by atoms with Crippen LogP contribution in [-0.2, 0) is 7.05 Å². The number of carbonyl (C=O) groups is 1. The number of aromatic amines is 1. The van der Waals surface area contributed by atoms with Gasteiger partial charge in [-0.2, -0.15) is 0 Å². The van der Waals surface area contributed by atoms with Gasteiger partial charge in [0.1, 0.15) is 5.82 Å². The highest BCUT2D eigenvalue weighted by molar-refractivity contribution is 6.05. The molecule has 1 aliphatic rings. The highest BCUT2D eigenvalue weighted by Crippen LogP contribution is 2.37. The minimum Gasteiger partial charge on any atom is -0.348 e. The van der Waals surface area contributed by atoms with Crippen LogP contribution in [-0.4, -0.2) is 25.5 Å². The zero-order chi connectivity index (χ0) is 11.1. The number of H-pyrrole nitrogens is 1. The van der Waals surface area contributed by atoms with Crippen molar-refractivity contribution in [1.82, 2.24) is 19.7 Å². The van der Waals surface area contributed by atoms with Gasteiger partial charge >= 0.3 is 0 Å². The number of aryl methyl sites for hydroxylation is 1. The standard InChI is InChI=1S/C11H12N4O/c1-15-6-2-3-8(15)9(16)11-12-10(13-14-11)7-4-5-7/h2-3,6-7H,4-5H2,1H3,(H,12,13,14). The second kappa shape index (κ2) is 3.30. The molecule has 0 aromatic carbocycles. The van der Waals surface area contributed by atoms with Crippen LogP contribution in [0.25, 0.3) is 0 Å². The third-order valence-corrected chi connectivity index (χ3v) is 2.85. The summed E-state index contributed by atoms with van der Waals surface area (Å²) in [5, 5.41) is 6.81. The van der Waals surface area contributed by atoms with Crippen molar-refractivity contribution < 1.29 is 4.79 Å². The van der Waals surface area contributed by atoms with E-state index in [0.717, 1.165) is 18.7 Å². The van der Waals surface area contributed by atoms with E-state index in [1.54, 1.807) is 10.6 Å². The highest BCUT2D eigenvalue weighted by Gasteiger charge is 2.28. The van der Waals surface area contributed by atoms with Crippen molar-refractivity contribution in [2.75, 3.05) is 0 Å². The summed E-state index contributed by atoms with van der Waals surface area (Å²) in [6.45, 7) is 0. The summed E-state index contributed by atoms with van der Waals surface area (Å²) in [6.07, 6.45) is 4.13. The first-order chi connectivity index (χ1) is 7.75. The molecular weight excluding hydrogens is 204 g/mol. The van der Waals surface area contributed by atoms with E-state index in [2.05, 4.69) is 15.2 Å². The van der Waals surface area contributed by atoms with Gasteiger partial charge in [0, 0.05) is 19.2 Å². The molecule has 82 valence electrons. The molecule has 0 atom stereocenters. The Morgan fingerprint density at radius 3 is 3.00 bits per heavy atom. The monoisotopic (exact) mass is 216 g/mol. The maximum atomic E-state index is 12.0. The fourth-order valence-corrected chi connectivity index (χ4v) is 1.73. The minimum atomic E-state index is -0.129. The van der Waals surface area contributed by atoms with Gasteiger partial charge in [0.25, 0.3) is 0 Å². The van der Waals surface area contributed by atoms with Gasteiger partial charge in [-0.05, 0) is 25.0 Å². The molecule has 5 nitrogen and oxygen atoms in total. The molecular formula is C11H12N4O. The second-order valence-electron chi connectivity index (χ2n) is 4.15.